The van der Waals surface area contributed by atoms with Gasteiger partial charge in [0, 0.05) is 12.8 Å². The van der Waals surface area contributed by atoms with Crippen LogP contribution in [0.2, 0.25) is 0 Å². The predicted octanol–water partition coefficient (Wildman–Crippen LogP) is 3.01. The summed E-state index contributed by atoms with van der Waals surface area (Å²) in [6.07, 6.45) is 0.394. The standard InChI is InChI=1S/C18H25NO5/c1-12-9-10-16(24-17(12)23-14(3)20)13(2)19-18(21)22-11-15-7-5-4-6-8-15/h4-8,12-13,16-17H,9-11H2,1-3H3,(H,19,21). The van der Waals surface area contributed by atoms with Crippen LogP contribution in [0.1, 0.15) is 39.2 Å². The van der Waals surface area contributed by atoms with E-state index in [1.807, 2.05) is 44.2 Å². The largest absolute Gasteiger partial charge is 0.445 e. The topological polar surface area (TPSA) is 73.9 Å². The van der Waals surface area contributed by atoms with Gasteiger partial charge in [-0.05, 0) is 25.3 Å². The average Bonchev–Trinajstić information content (AvgIpc) is 2.55. The van der Waals surface area contributed by atoms with Crippen molar-refractivity contribution in [3.63, 3.8) is 0 Å². The Kier molecular flexibility index (Phi) is 6.61. The van der Waals surface area contributed by atoms with E-state index in [2.05, 4.69) is 5.32 Å². The molecule has 1 fully saturated rings. The maximum atomic E-state index is 11.9. The summed E-state index contributed by atoms with van der Waals surface area (Å²) >= 11 is 0. The minimum absolute atomic E-state index is 0.141. The van der Waals surface area contributed by atoms with E-state index in [0.29, 0.717) is 0 Å². The molecule has 0 radical (unpaired) electrons. The van der Waals surface area contributed by atoms with E-state index in [1.165, 1.54) is 6.92 Å². The summed E-state index contributed by atoms with van der Waals surface area (Å²) < 4.78 is 16.2. The van der Waals surface area contributed by atoms with Gasteiger partial charge >= 0.3 is 12.1 Å². The van der Waals surface area contributed by atoms with Gasteiger partial charge < -0.3 is 19.5 Å². The highest BCUT2D eigenvalue weighted by molar-refractivity contribution is 5.67. The number of nitrogens with one attached hydrogen (secondary N) is 1. The molecule has 6 nitrogen and oxygen atoms in total. The molecule has 2 rings (SSSR count). The summed E-state index contributed by atoms with van der Waals surface area (Å²) in [5.41, 5.74) is 0.929. The molecule has 0 bridgehead atoms. The molecule has 1 aromatic rings. The normalized spacial score (nSPS) is 24.7. The number of ether oxygens (including phenoxy) is 3. The first-order chi connectivity index (χ1) is 11.5. The molecular weight excluding hydrogens is 310 g/mol. The van der Waals surface area contributed by atoms with E-state index in [0.717, 1.165) is 18.4 Å². The summed E-state index contributed by atoms with van der Waals surface area (Å²) in [6.45, 7) is 5.42. The zero-order valence-electron chi connectivity index (χ0n) is 14.4. The van der Waals surface area contributed by atoms with Crippen molar-refractivity contribution in [2.24, 2.45) is 5.92 Å². The van der Waals surface area contributed by atoms with Crippen molar-refractivity contribution in [1.29, 1.82) is 0 Å². The second-order valence-electron chi connectivity index (χ2n) is 6.20. The van der Waals surface area contributed by atoms with Gasteiger partial charge in [-0.25, -0.2) is 4.79 Å². The molecular formula is C18H25NO5. The van der Waals surface area contributed by atoms with Gasteiger partial charge in [-0.1, -0.05) is 37.3 Å². The number of amides is 1. The van der Waals surface area contributed by atoms with Crippen LogP contribution in [0.25, 0.3) is 0 Å². The molecule has 1 aromatic carbocycles. The maximum absolute atomic E-state index is 11.9. The Morgan fingerprint density at radius 1 is 1.29 bits per heavy atom. The number of alkyl carbamates (subject to hydrolysis) is 1. The smallest absolute Gasteiger partial charge is 0.407 e. The molecule has 1 saturated heterocycles. The van der Waals surface area contributed by atoms with Crippen LogP contribution in [0.5, 0.6) is 0 Å². The van der Waals surface area contributed by atoms with Gasteiger partial charge in [-0.15, -0.1) is 0 Å². The number of carbonyl (C=O) groups excluding carboxylic acids is 2. The second-order valence-corrected chi connectivity index (χ2v) is 6.20. The van der Waals surface area contributed by atoms with Crippen molar-refractivity contribution in [1.82, 2.24) is 5.32 Å². The Hall–Kier alpha value is -2.08. The van der Waals surface area contributed by atoms with Gasteiger partial charge in [0.05, 0.1) is 12.1 Å². The Bertz CT molecular complexity index is 548. The maximum Gasteiger partial charge on any atom is 0.407 e. The summed E-state index contributed by atoms with van der Waals surface area (Å²) in [6, 6.07) is 9.25. The van der Waals surface area contributed by atoms with E-state index < -0.39 is 12.4 Å². The van der Waals surface area contributed by atoms with Gasteiger partial charge in [-0.2, -0.15) is 0 Å². The first-order valence-electron chi connectivity index (χ1n) is 8.25. The van der Waals surface area contributed by atoms with Crippen LogP contribution in [0.3, 0.4) is 0 Å². The highest BCUT2D eigenvalue weighted by Gasteiger charge is 2.34. The molecule has 132 valence electrons. The third-order valence-electron chi connectivity index (χ3n) is 4.08. The van der Waals surface area contributed by atoms with E-state index in [9.17, 15) is 9.59 Å². The van der Waals surface area contributed by atoms with Crippen molar-refractivity contribution in [3.05, 3.63) is 35.9 Å². The molecule has 0 aliphatic carbocycles. The number of benzene rings is 1. The monoisotopic (exact) mass is 335 g/mol. The van der Waals surface area contributed by atoms with Crippen LogP contribution in [-0.4, -0.2) is 30.5 Å². The van der Waals surface area contributed by atoms with Crippen LogP contribution in [0.4, 0.5) is 4.79 Å². The zero-order valence-corrected chi connectivity index (χ0v) is 14.4. The Balaban J connectivity index is 1.79. The molecule has 4 unspecified atom stereocenters. The zero-order chi connectivity index (χ0) is 17.5. The SMILES string of the molecule is CC(=O)OC1OC(C(C)NC(=O)OCc2ccccc2)CCC1C. The minimum atomic E-state index is -0.564. The van der Waals surface area contributed by atoms with Crippen molar-refractivity contribution in [2.45, 2.75) is 58.7 Å². The summed E-state index contributed by atoms with van der Waals surface area (Å²) in [7, 11) is 0. The van der Waals surface area contributed by atoms with Gasteiger partial charge in [0.15, 0.2) is 0 Å². The summed E-state index contributed by atoms with van der Waals surface area (Å²) in [4.78, 5) is 23.1. The van der Waals surface area contributed by atoms with Crippen LogP contribution in [-0.2, 0) is 25.6 Å². The second kappa shape index (κ2) is 8.68. The lowest BCUT2D eigenvalue weighted by molar-refractivity contribution is -0.220. The third-order valence-corrected chi connectivity index (χ3v) is 4.08. The molecule has 24 heavy (non-hydrogen) atoms. The Morgan fingerprint density at radius 2 is 2.00 bits per heavy atom. The molecule has 0 aromatic heterocycles. The van der Waals surface area contributed by atoms with Crippen LogP contribution < -0.4 is 5.32 Å². The van der Waals surface area contributed by atoms with Gasteiger partial charge in [0.1, 0.15) is 6.61 Å². The van der Waals surface area contributed by atoms with Crippen LogP contribution in [0, 0.1) is 5.92 Å². The number of rotatable bonds is 5. The molecule has 1 heterocycles. The Morgan fingerprint density at radius 3 is 2.67 bits per heavy atom. The van der Waals surface area contributed by atoms with Crippen LogP contribution in [0.15, 0.2) is 30.3 Å². The first kappa shape index (κ1) is 18.3. The predicted molar refractivity (Wildman–Crippen MR) is 88.0 cm³/mol. The summed E-state index contributed by atoms with van der Waals surface area (Å²) in [5.74, 6) is -0.224. The number of carbonyl (C=O) groups is 2. The Labute approximate surface area is 142 Å². The highest BCUT2D eigenvalue weighted by Crippen LogP contribution is 2.27. The van der Waals surface area contributed by atoms with E-state index in [-0.39, 0.29) is 30.6 Å². The molecule has 1 aliphatic rings. The van der Waals surface area contributed by atoms with Crippen molar-refractivity contribution in [2.75, 3.05) is 0 Å². The number of hydrogen-bond acceptors (Lipinski definition) is 5. The van der Waals surface area contributed by atoms with Crippen molar-refractivity contribution >= 4 is 12.1 Å². The highest BCUT2D eigenvalue weighted by atomic mass is 16.7. The number of esters is 1. The van der Waals surface area contributed by atoms with Gasteiger partial charge in [-0.3, -0.25) is 4.79 Å². The molecule has 6 heteroatoms. The third kappa shape index (κ3) is 5.53. The molecule has 4 atom stereocenters. The van der Waals surface area contributed by atoms with Gasteiger partial charge in [0.2, 0.25) is 6.29 Å². The lowest BCUT2D eigenvalue weighted by atomic mass is 9.95. The van der Waals surface area contributed by atoms with Crippen molar-refractivity contribution < 1.29 is 23.8 Å². The fourth-order valence-corrected chi connectivity index (χ4v) is 2.66. The fourth-order valence-electron chi connectivity index (χ4n) is 2.66. The quantitative estimate of drug-likeness (QED) is 0.837. The summed E-state index contributed by atoms with van der Waals surface area (Å²) in [5, 5.41) is 2.78. The molecule has 0 saturated carbocycles. The lowest BCUT2D eigenvalue weighted by Gasteiger charge is -2.36. The van der Waals surface area contributed by atoms with E-state index >= 15 is 0 Å². The molecule has 1 N–H and O–H groups in total. The fraction of sp³-hybridized carbons (Fsp3) is 0.556. The van der Waals surface area contributed by atoms with Gasteiger partial charge in [0.25, 0.3) is 0 Å². The first-order valence-corrected chi connectivity index (χ1v) is 8.25. The lowest BCUT2D eigenvalue weighted by Crippen LogP contribution is -2.48. The average molecular weight is 335 g/mol. The minimum Gasteiger partial charge on any atom is -0.445 e. The van der Waals surface area contributed by atoms with Crippen LogP contribution >= 0.6 is 0 Å². The van der Waals surface area contributed by atoms with E-state index in [4.69, 9.17) is 14.2 Å². The van der Waals surface area contributed by atoms with Crippen molar-refractivity contribution in [3.8, 4) is 0 Å². The molecule has 1 amide bonds. The number of hydrogen-bond donors (Lipinski definition) is 1. The van der Waals surface area contributed by atoms with E-state index in [1.54, 1.807) is 0 Å². The molecule has 1 aliphatic heterocycles. The molecule has 0 spiro atoms.